The number of rotatable bonds is 6. The van der Waals surface area contributed by atoms with Crippen molar-refractivity contribution in [1.82, 2.24) is 0 Å². The highest BCUT2D eigenvalue weighted by Gasteiger charge is 2.44. The number of hydrogen-bond donors (Lipinski definition) is 2. The molecular formula is C19H31NO. The van der Waals surface area contributed by atoms with Crippen LogP contribution in [0.1, 0.15) is 63.0 Å². The average molecular weight is 289 g/mol. The zero-order valence-electron chi connectivity index (χ0n) is 13.8. The molecule has 0 radical (unpaired) electrons. The van der Waals surface area contributed by atoms with Gasteiger partial charge in [-0.05, 0) is 43.1 Å². The van der Waals surface area contributed by atoms with Crippen molar-refractivity contribution < 1.29 is 5.11 Å². The predicted octanol–water partition coefficient (Wildman–Crippen LogP) is 4.00. The molecule has 2 atom stereocenters. The van der Waals surface area contributed by atoms with Crippen molar-refractivity contribution in [3.63, 3.8) is 0 Å². The lowest BCUT2D eigenvalue weighted by molar-refractivity contribution is -0.00504. The van der Waals surface area contributed by atoms with Gasteiger partial charge in [0.25, 0.3) is 0 Å². The molecule has 2 heteroatoms. The standard InChI is InChI=1S/C19H31NO/c1-14(2)12-19(9-4-5-10-19)18(21)17(13-20)16-8-6-7-15(3)11-16/h6-8,11,14,17-18,21H,4-5,9-10,12-13,20H2,1-3H3. The molecule has 0 heterocycles. The minimum absolute atomic E-state index is 0.0572. The van der Waals surface area contributed by atoms with E-state index in [0.29, 0.717) is 12.5 Å². The molecule has 2 unspecified atom stereocenters. The van der Waals surface area contributed by atoms with Gasteiger partial charge in [0.05, 0.1) is 6.10 Å². The fourth-order valence-corrected chi connectivity index (χ4v) is 4.29. The van der Waals surface area contributed by atoms with Crippen molar-refractivity contribution in [2.45, 2.75) is 64.9 Å². The van der Waals surface area contributed by atoms with Gasteiger partial charge in [-0.25, -0.2) is 0 Å². The van der Waals surface area contributed by atoms with E-state index < -0.39 is 0 Å². The van der Waals surface area contributed by atoms with Gasteiger partial charge in [0.15, 0.2) is 0 Å². The summed E-state index contributed by atoms with van der Waals surface area (Å²) in [5.74, 6) is 0.676. The van der Waals surface area contributed by atoms with E-state index in [9.17, 15) is 5.11 Å². The van der Waals surface area contributed by atoms with E-state index in [-0.39, 0.29) is 17.4 Å². The van der Waals surface area contributed by atoms with Crippen molar-refractivity contribution in [1.29, 1.82) is 0 Å². The van der Waals surface area contributed by atoms with E-state index in [1.807, 2.05) is 0 Å². The smallest absolute Gasteiger partial charge is 0.0677 e. The number of aliphatic hydroxyl groups excluding tert-OH is 1. The maximum absolute atomic E-state index is 11.2. The second-order valence-electron chi connectivity index (χ2n) is 7.37. The number of nitrogens with two attached hydrogens (primary N) is 1. The van der Waals surface area contributed by atoms with Crippen molar-refractivity contribution >= 4 is 0 Å². The molecule has 0 bridgehead atoms. The zero-order chi connectivity index (χ0) is 15.5. The van der Waals surface area contributed by atoms with E-state index in [4.69, 9.17) is 5.73 Å². The molecule has 2 rings (SSSR count). The largest absolute Gasteiger partial charge is 0.392 e. The summed E-state index contributed by atoms with van der Waals surface area (Å²) in [4.78, 5) is 0. The fourth-order valence-electron chi connectivity index (χ4n) is 4.29. The fraction of sp³-hybridized carbons (Fsp3) is 0.684. The summed E-state index contributed by atoms with van der Waals surface area (Å²) in [6, 6.07) is 8.47. The zero-order valence-corrected chi connectivity index (χ0v) is 13.8. The number of aryl methyl sites for hydroxylation is 1. The van der Waals surface area contributed by atoms with Crippen LogP contribution in [0.25, 0.3) is 0 Å². The SMILES string of the molecule is Cc1cccc(C(CN)C(O)C2(CC(C)C)CCCC2)c1. The first-order valence-corrected chi connectivity index (χ1v) is 8.43. The lowest BCUT2D eigenvalue weighted by Gasteiger charge is -2.40. The third-order valence-corrected chi connectivity index (χ3v) is 5.15. The molecule has 1 aliphatic carbocycles. The van der Waals surface area contributed by atoms with E-state index in [0.717, 1.165) is 19.3 Å². The Morgan fingerprint density at radius 3 is 2.43 bits per heavy atom. The number of benzene rings is 1. The van der Waals surface area contributed by atoms with Gasteiger partial charge in [-0.15, -0.1) is 0 Å². The van der Waals surface area contributed by atoms with Crippen LogP contribution < -0.4 is 5.73 Å². The molecule has 1 aliphatic rings. The van der Waals surface area contributed by atoms with Crippen LogP contribution in [0, 0.1) is 18.3 Å². The Morgan fingerprint density at radius 2 is 1.90 bits per heavy atom. The van der Waals surface area contributed by atoms with Crippen LogP contribution in [0.3, 0.4) is 0 Å². The molecule has 0 amide bonds. The molecule has 0 spiro atoms. The first kappa shape index (κ1) is 16.5. The van der Waals surface area contributed by atoms with Crippen LogP contribution in [0.5, 0.6) is 0 Å². The summed E-state index contributed by atoms with van der Waals surface area (Å²) in [5, 5.41) is 11.2. The van der Waals surface area contributed by atoms with Gasteiger partial charge in [-0.3, -0.25) is 0 Å². The second kappa shape index (κ2) is 6.93. The first-order chi connectivity index (χ1) is 9.98. The Labute approximate surface area is 129 Å². The molecule has 118 valence electrons. The topological polar surface area (TPSA) is 46.2 Å². The first-order valence-electron chi connectivity index (χ1n) is 8.43. The van der Waals surface area contributed by atoms with Gasteiger partial charge in [0.1, 0.15) is 0 Å². The van der Waals surface area contributed by atoms with E-state index in [1.165, 1.54) is 24.0 Å². The summed E-state index contributed by atoms with van der Waals surface area (Å²) in [6.07, 6.45) is 5.57. The van der Waals surface area contributed by atoms with Crippen LogP contribution in [0.15, 0.2) is 24.3 Å². The summed E-state index contributed by atoms with van der Waals surface area (Å²) < 4.78 is 0. The summed E-state index contributed by atoms with van der Waals surface area (Å²) in [6.45, 7) is 7.14. The van der Waals surface area contributed by atoms with Gasteiger partial charge in [0, 0.05) is 12.5 Å². The Morgan fingerprint density at radius 1 is 1.24 bits per heavy atom. The molecule has 0 saturated heterocycles. The minimum Gasteiger partial charge on any atom is -0.392 e. The monoisotopic (exact) mass is 289 g/mol. The van der Waals surface area contributed by atoms with Crippen LogP contribution in [-0.4, -0.2) is 17.8 Å². The van der Waals surface area contributed by atoms with E-state index >= 15 is 0 Å². The molecule has 3 N–H and O–H groups in total. The van der Waals surface area contributed by atoms with E-state index in [2.05, 4.69) is 45.0 Å². The van der Waals surface area contributed by atoms with Crippen LogP contribution in [0.4, 0.5) is 0 Å². The molecule has 0 aromatic heterocycles. The molecular weight excluding hydrogens is 258 g/mol. The van der Waals surface area contributed by atoms with Crippen molar-refractivity contribution in [3.05, 3.63) is 35.4 Å². The highest BCUT2D eigenvalue weighted by Crippen LogP contribution is 2.49. The lowest BCUT2D eigenvalue weighted by atomic mass is 9.68. The highest BCUT2D eigenvalue weighted by atomic mass is 16.3. The second-order valence-corrected chi connectivity index (χ2v) is 7.37. The quantitative estimate of drug-likeness (QED) is 0.831. The molecule has 1 aromatic carbocycles. The Kier molecular flexibility index (Phi) is 5.45. The van der Waals surface area contributed by atoms with Crippen molar-refractivity contribution in [2.75, 3.05) is 6.54 Å². The van der Waals surface area contributed by atoms with Crippen molar-refractivity contribution in [3.8, 4) is 0 Å². The maximum Gasteiger partial charge on any atom is 0.0677 e. The highest BCUT2D eigenvalue weighted by molar-refractivity contribution is 5.27. The maximum atomic E-state index is 11.2. The van der Waals surface area contributed by atoms with Crippen LogP contribution in [-0.2, 0) is 0 Å². The van der Waals surface area contributed by atoms with Crippen molar-refractivity contribution in [2.24, 2.45) is 17.1 Å². The third-order valence-electron chi connectivity index (χ3n) is 5.15. The Hall–Kier alpha value is -0.860. The van der Waals surface area contributed by atoms with Gasteiger partial charge < -0.3 is 10.8 Å². The minimum atomic E-state index is -0.325. The Balaban J connectivity index is 2.27. The lowest BCUT2D eigenvalue weighted by Crippen LogP contribution is -2.41. The molecule has 0 aliphatic heterocycles. The van der Waals surface area contributed by atoms with Gasteiger partial charge in [-0.2, -0.15) is 0 Å². The Bertz CT molecular complexity index is 449. The normalized spacial score (nSPS) is 20.7. The molecule has 2 nitrogen and oxygen atoms in total. The van der Waals surface area contributed by atoms with Gasteiger partial charge >= 0.3 is 0 Å². The predicted molar refractivity (Wildman–Crippen MR) is 89.3 cm³/mol. The third kappa shape index (κ3) is 3.67. The van der Waals surface area contributed by atoms with E-state index in [1.54, 1.807) is 0 Å². The summed E-state index contributed by atoms with van der Waals surface area (Å²) in [5.41, 5.74) is 8.56. The van der Waals surface area contributed by atoms with Crippen LogP contribution >= 0.6 is 0 Å². The molecule has 1 aromatic rings. The molecule has 1 saturated carbocycles. The summed E-state index contributed by atoms with van der Waals surface area (Å²) in [7, 11) is 0. The average Bonchev–Trinajstić information content (AvgIpc) is 2.88. The van der Waals surface area contributed by atoms with Gasteiger partial charge in [0.2, 0.25) is 0 Å². The van der Waals surface area contributed by atoms with Crippen LogP contribution in [0.2, 0.25) is 0 Å². The molecule has 1 fully saturated rings. The van der Waals surface area contributed by atoms with Gasteiger partial charge in [-0.1, -0.05) is 56.5 Å². The molecule has 21 heavy (non-hydrogen) atoms. The number of hydrogen-bond acceptors (Lipinski definition) is 2. The summed E-state index contributed by atoms with van der Waals surface area (Å²) >= 11 is 0. The number of aliphatic hydroxyl groups is 1.